The number of amidine groups is 1. The van der Waals surface area contributed by atoms with Gasteiger partial charge in [-0.15, -0.1) is 0 Å². The second kappa shape index (κ2) is 3.76. The van der Waals surface area contributed by atoms with Gasteiger partial charge >= 0.3 is 0 Å². The topological polar surface area (TPSA) is 78.9 Å². The molecule has 0 aromatic carbocycles. The van der Waals surface area contributed by atoms with Gasteiger partial charge in [0.05, 0.1) is 11.6 Å². The maximum atomic E-state index is 13.3. The fraction of sp³-hybridized carbons (Fsp3) is 0.889. The third-order valence-electron chi connectivity index (χ3n) is 7.87. The van der Waals surface area contributed by atoms with E-state index < -0.39 is 5.60 Å². The largest absolute Gasteiger partial charge is 0.390 e. The van der Waals surface area contributed by atoms with Crippen molar-refractivity contribution >= 4 is 11.7 Å². The number of piperidine rings is 1. The van der Waals surface area contributed by atoms with Crippen molar-refractivity contribution in [1.82, 2.24) is 4.90 Å². The summed E-state index contributed by atoms with van der Waals surface area (Å²) in [7, 11) is 0. The first kappa shape index (κ1) is 13.2. The van der Waals surface area contributed by atoms with Crippen LogP contribution in [0.5, 0.6) is 0 Å². The Morgan fingerprint density at radius 1 is 1.13 bits per heavy atom. The van der Waals surface area contributed by atoms with Gasteiger partial charge in [-0.1, -0.05) is 0 Å². The Labute approximate surface area is 136 Å². The number of nitrogens with two attached hydrogens (primary N) is 1. The number of hydrogen-bond donors (Lipinski definition) is 2. The molecule has 7 aliphatic rings. The van der Waals surface area contributed by atoms with E-state index in [2.05, 4.69) is 4.90 Å². The van der Waals surface area contributed by atoms with E-state index in [4.69, 9.17) is 10.7 Å². The zero-order valence-corrected chi connectivity index (χ0v) is 13.4. The lowest BCUT2D eigenvalue weighted by atomic mass is 9.46. The summed E-state index contributed by atoms with van der Waals surface area (Å²) < 4.78 is 0. The molecule has 5 heteroatoms. The van der Waals surface area contributed by atoms with Crippen molar-refractivity contribution in [2.24, 2.45) is 33.9 Å². The summed E-state index contributed by atoms with van der Waals surface area (Å²) in [5, 5.41) is 11.0. The Hall–Kier alpha value is -1.10. The van der Waals surface area contributed by atoms with Crippen molar-refractivity contribution in [3.63, 3.8) is 0 Å². The van der Waals surface area contributed by atoms with Gasteiger partial charge in [0.25, 0.3) is 0 Å². The molecular formula is C18H25N3O2. The lowest BCUT2D eigenvalue weighted by Gasteiger charge is -2.62. The molecule has 5 saturated carbocycles. The highest BCUT2D eigenvalue weighted by atomic mass is 16.3. The summed E-state index contributed by atoms with van der Waals surface area (Å²) >= 11 is 0. The average Bonchev–Trinajstić information content (AvgIpc) is 3.10. The number of aliphatic imine (C=N–C) groups is 1. The third-order valence-corrected chi connectivity index (χ3v) is 7.87. The Kier molecular flexibility index (Phi) is 2.16. The summed E-state index contributed by atoms with van der Waals surface area (Å²) in [5.41, 5.74) is 5.63. The number of carbonyl (C=O) groups excluding carboxylic acids is 1. The lowest BCUT2D eigenvalue weighted by Crippen LogP contribution is -2.64. The van der Waals surface area contributed by atoms with Crippen molar-refractivity contribution in [2.45, 2.75) is 75.1 Å². The van der Waals surface area contributed by atoms with Crippen molar-refractivity contribution in [3.05, 3.63) is 0 Å². The molecule has 3 N–H and O–H groups in total. The van der Waals surface area contributed by atoms with Gasteiger partial charge in [0.2, 0.25) is 5.91 Å². The van der Waals surface area contributed by atoms with Crippen LogP contribution < -0.4 is 5.73 Å². The van der Waals surface area contributed by atoms with E-state index in [9.17, 15) is 9.90 Å². The first-order valence-corrected chi connectivity index (χ1v) is 9.34. The molecule has 1 amide bonds. The van der Waals surface area contributed by atoms with Crippen molar-refractivity contribution in [3.8, 4) is 0 Å². The molecule has 2 aliphatic heterocycles. The standard InChI is InChI=1S/C18H25N3O2/c19-15-13-3-11-2-12(11)21(13)16(22)14(20-15)17-4-9-1-10(5-17)7-18(23,6-9)8-17/h9-14,23H,1-8H2,(H2,19,20)/t9?,10?,11-,12-,13?,14?,17?,18?/m0/s1. The summed E-state index contributed by atoms with van der Waals surface area (Å²) in [6.07, 6.45) is 8.15. The van der Waals surface area contributed by atoms with Crippen molar-refractivity contribution in [1.29, 1.82) is 0 Å². The fourth-order valence-corrected chi connectivity index (χ4v) is 7.47. The van der Waals surface area contributed by atoms with Crippen LogP contribution in [-0.2, 0) is 4.79 Å². The number of aliphatic hydroxyl groups is 1. The van der Waals surface area contributed by atoms with Gasteiger partial charge in [0, 0.05) is 11.5 Å². The quantitative estimate of drug-likeness (QED) is 0.759. The second-order valence-electron chi connectivity index (χ2n) is 9.56. The Balaban J connectivity index is 1.42. The monoisotopic (exact) mass is 315 g/mol. The van der Waals surface area contributed by atoms with Crippen molar-refractivity contribution < 1.29 is 9.90 Å². The van der Waals surface area contributed by atoms with Crippen LogP contribution in [0, 0.1) is 23.2 Å². The van der Waals surface area contributed by atoms with Crippen LogP contribution in [0.1, 0.15) is 51.4 Å². The van der Waals surface area contributed by atoms with E-state index in [1.807, 2.05) is 0 Å². The maximum Gasteiger partial charge on any atom is 0.248 e. The lowest BCUT2D eigenvalue weighted by molar-refractivity contribution is -0.178. The van der Waals surface area contributed by atoms with Crippen molar-refractivity contribution in [2.75, 3.05) is 0 Å². The van der Waals surface area contributed by atoms with Gasteiger partial charge in [0.15, 0.2) is 0 Å². The molecule has 2 heterocycles. The van der Waals surface area contributed by atoms with Crippen LogP contribution in [0.25, 0.3) is 0 Å². The predicted octanol–water partition coefficient (Wildman–Crippen LogP) is 1.05. The number of hydrogen-bond acceptors (Lipinski definition) is 4. The van der Waals surface area contributed by atoms with Gasteiger partial charge < -0.3 is 15.7 Å². The van der Waals surface area contributed by atoms with E-state index in [-0.39, 0.29) is 23.4 Å². The number of nitrogens with zero attached hydrogens (tertiary/aromatic N) is 2. The Morgan fingerprint density at radius 2 is 1.87 bits per heavy atom. The van der Waals surface area contributed by atoms with Gasteiger partial charge in [-0.05, 0) is 69.1 Å². The minimum absolute atomic E-state index is 0.0690. The molecule has 6 atom stereocenters. The summed E-state index contributed by atoms with van der Waals surface area (Å²) in [4.78, 5) is 20.1. The van der Waals surface area contributed by atoms with E-state index in [0.717, 1.165) is 44.9 Å². The van der Waals surface area contributed by atoms with Gasteiger partial charge in [0.1, 0.15) is 11.9 Å². The van der Waals surface area contributed by atoms with E-state index >= 15 is 0 Å². The highest BCUT2D eigenvalue weighted by molar-refractivity contribution is 5.99. The van der Waals surface area contributed by atoms with Crippen LogP contribution >= 0.6 is 0 Å². The molecule has 0 spiro atoms. The minimum atomic E-state index is -0.543. The first-order valence-electron chi connectivity index (χ1n) is 9.34. The predicted molar refractivity (Wildman–Crippen MR) is 84.6 cm³/mol. The van der Waals surface area contributed by atoms with Gasteiger partial charge in [-0.3, -0.25) is 9.79 Å². The third kappa shape index (κ3) is 1.57. The molecule has 1 saturated heterocycles. The van der Waals surface area contributed by atoms with E-state index in [0.29, 0.717) is 29.6 Å². The Morgan fingerprint density at radius 3 is 2.57 bits per heavy atom. The number of amides is 1. The Bertz CT molecular complexity index is 630. The molecule has 124 valence electrons. The molecule has 6 fully saturated rings. The van der Waals surface area contributed by atoms with Crippen LogP contribution in [0.15, 0.2) is 4.99 Å². The number of fused-ring (bicyclic) bond motifs is 3. The molecule has 0 radical (unpaired) electrons. The van der Waals surface area contributed by atoms with Crippen LogP contribution in [0.3, 0.4) is 0 Å². The summed E-state index contributed by atoms with van der Waals surface area (Å²) in [6.45, 7) is 0. The fourth-order valence-electron chi connectivity index (χ4n) is 7.47. The van der Waals surface area contributed by atoms with Gasteiger partial charge in [-0.2, -0.15) is 0 Å². The molecule has 5 nitrogen and oxygen atoms in total. The molecule has 7 rings (SSSR count). The molecular weight excluding hydrogens is 290 g/mol. The average molecular weight is 315 g/mol. The molecule has 0 aromatic rings. The molecule has 23 heavy (non-hydrogen) atoms. The zero-order chi connectivity index (χ0) is 15.6. The number of carbonyl (C=O) groups is 1. The van der Waals surface area contributed by atoms with Gasteiger partial charge in [-0.25, -0.2) is 0 Å². The normalized spacial score (nSPS) is 58.9. The zero-order valence-electron chi connectivity index (χ0n) is 13.4. The highest BCUT2D eigenvalue weighted by Crippen LogP contribution is 2.64. The van der Waals surface area contributed by atoms with E-state index in [1.165, 1.54) is 6.42 Å². The SMILES string of the molecule is NC1=NC(C23CC4CC(CC(O)(C4)C2)C3)C(=O)N2C1C[C@@H]1C[C@@H]12. The number of rotatable bonds is 1. The highest BCUT2D eigenvalue weighted by Gasteiger charge is 2.65. The minimum Gasteiger partial charge on any atom is -0.390 e. The van der Waals surface area contributed by atoms with Crippen LogP contribution in [0.4, 0.5) is 0 Å². The maximum absolute atomic E-state index is 13.3. The van der Waals surface area contributed by atoms with Crippen LogP contribution in [-0.4, -0.2) is 45.5 Å². The first-order chi connectivity index (χ1) is 11.0. The second-order valence-corrected chi connectivity index (χ2v) is 9.56. The van der Waals surface area contributed by atoms with E-state index in [1.54, 1.807) is 0 Å². The molecule has 4 bridgehead atoms. The smallest absolute Gasteiger partial charge is 0.248 e. The summed E-state index contributed by atoms with van der Waals surface area (Å²) in [6, 6.07) is 0.177. The molecule has 0 aromatic heterocycles. The summed E-state index contributed by atoms with van der Waals surface area (Å²) in [5.74, 6) is 2.73. The molecule has 4 unspecified atom stereocenters. The van der Waals surface area contributed by atoms with Crippen LogP contribution in [0.2, 0.25) is 0 Å². The molecule has 5 aliphatic carbocycles.